The molecule has 3 rings (SSSR count). The molecule has 0 bridgehead atoms. The average Bonchev–Trinajstić information content (AvgIpc) is 2.81. The Balaban J connectivity index is 1.88. The lowest BCUT2D eigenvalue weighted by Crippen LogP contribution is -2.28. The minimum absolute atomic E-state index is 0.0952. The van der Waals surface area contributed by atoms with Gasteiger partial charge in [0.2, 0.25) is 5.91 Å². The van der Waals surface area contributed by atoms with Crippen molar-refractivity contribution >= 4 is 44.7 Å². The van der Waals surface area contributed by atoms with Gasteiger partial charge in [0.15, 0.2) is 0 Å². The monoisotopic (exact) mass is 361 g/mol. The number of hydrogen-bond acceptors (Lipinski definition) is 4. The predicted molar refractivity (Wildman–Crippen MR) is 98.2 cm³/mol. The van der Waals surface area contributed by atoms with Crippen LogP contribution < -0.4 is 10.9 Å². The van der Waals surface area contributed by atoms with Gasteiger partial charge in [-0.1, -0.05) is 17.7 Å². The van der Waals surface area contributed by atoms with Crippen LogP contribution >= 0.6 is 22.9 Å². The van der Waals surface area contributed by atoms with E-state index in [0.717, 1.165) is 16.0 Å². The first-order chi connectivity index (χ1) is 11.4. The van der Waals surface area contributed by atoms with Crippen molar-refractivity contribution in [2.45, 2.75) is 27.3 Å². The van der Waals surface area contributed by atoms with E-state index in [-0.39, 0.29) is 18.0 Å². The second-order valence-corrected chi connectivity index (χ2v) is 7.29. The maximum Gasteiger partial charge on any atom is 0.262 e. The molecule has 0 spiro atoms. The minimum Gasteiger partial charge on any atom is -0.324 e. The van der Waals surface area contributed by atoms with Gasteiger partial charge in [-0.15, -0.1) is 11.3 Å². The molecule has 0 radical (unpaired) electrons. The zero-order valence-corrected chi connectivity index (χ0v) is 15.1. The maximum absolute atomic E-state index is 12.6. The summed E-state index contributed by atoms with van der Waals surface area (Å²) in [5.74, 6) is -0.298. The summed E-state index contributed by atoms with van der Waals surface area (Å²) in [6, 6.07) is 5.27. The van der Waals surface area contributed by atoms with Crippen molar-refractivity contribution in [2.24, 2.45) is 0 Å². The lowest BCUT2D eigenvalue weighted by molar-refractivity contribution is -0.116. The van der Waals surface area contributed by atoms with Crippen LogP contribution in [0.2, 0.25) is 5.02 Å². The second kappa shape index (κ2) is 6.37. The summed E-state index contributed by atoms with van der Waals surface area (Å²) in [5, 5.41) is 3.92. The Bertz CT molecular complexity index is 1010. The average molecular weight is 362 g/mol. The molecule has 0 aliphatic rings. The molecule has 7 heteroatoms. The smallest absolute Gasteiger partial charge is 0.262 e. The van der Waals surface area contributed by atoms with Crippen molar-refractivity contribution in [2.75, 3.05) is 5.32 Å². The molecule has 3 aromatic rings. The third kappa shape index (κ3) is 3.07. The number of thiophene rings is 1. The number of aryl methyl sites for hydroxylation is 3. The summed E-state index contributed by atoms with van der Waals surface area (Å²) in [6.45, 7) is 5.64. The van der Waals surface area contributed by atoms with Crippen LogP contribution in [-0.2, 0) is 11.3 Å². The van der Waals surface area contributed by atoms with Crippen molar-refractivity contribution in [3.63, 3.8) is 0 Å². The van der Waals surface area contributed by atoms with E-state index in [2.05, 4.69) is 10.3 Å². The fourth-order valence-corrected chi connectivity index (χ4v) is 3.62. The fourth-order valence-electron chi connectivity index (χ4n) is 2.46. The highest BCUT2D eigenvalue weighted by Gasteiger charge is 2.14. The molecule has 0 fully saturated rings. The molecule has 24 heavy (non-hydrogen) atoms. The number of carbonyl (C=O) groups excluding carboxylic acids is 1. The molecule has 124 valence electrons. The topological polar surface area (TPSA) is 64.0 Å². The summed E-state index contributed by atoms with van der Waals surface area (Å²) < 4.78 is 1.33. The highest BCUT2D eigenvalue weighted by Crippen LogP contribution is 2.25. The predicted octanol–water partition coefficient (Wildman–Crippen LogP) is 3.68. The fraction of sp³-hybridized carbons (Fsp3) is 0.235. The highest BCUT2D eigenvalue weighted by atomic mass is 35.5. The number of aromatic nitrogens is 2. The van der Waals surface area contributed by atoms with Gasteiger partial charge < -0.3 is 5.32 Å². The molecule has 5 nitrogen and oxygen atoms in total. The number of nitrogens with zero attached hydrogens (tertiary/aromatic N) is 2. The van der Waals surface area contributed by atoms with Crippen LogP contribution in [0.1, 0.15) is 16.0 Å². The molecule has 0 aliphatic heterocycles. The third-order valence-corrected chi connectivity index (χ3v) is 5.29. The molecule has 2 heterocycles. The number of anilines is 1. The zero-order valence-electron chi connectivity index (χ0n) is 13.5. The summed E-state index contributed by atoms with van der Waals surface area (Å²) in [4.78, 5) is 30.9. The molecule has 1 aromatic carbocycles. The molecular formula is C17H16ClN3O2S. The number of rotatable bonds is 3. The maximum atomic E-state index is 12.6. The first kappa shape index (κ1) is 16.7. The van der Waals surface area contributed by atoms with Crippen LogP contribution in [0, 0.1) is 20.8 Å². The Kier molecular flexibility index (Phi) is 4.43. The SMILES string of the molecule is Cc1ccc(Cl)cc1NC(=O)Cn1cnc2sc(C)c(C)c2c1=O. The normalized spacial score (nSPS) is 11.0. The van der Waals surface area contributed by atoms with Crippen molar-refractivity contribution in [1.29, 1.82) is 0 Å². The molecule has 1 amide bonds. The molecule has 0 unspecified atom stereocenters. The van der Waals surface area contributed by atoms with Crippen molar-refractivity contribution in [1.82, 2.24) is 9.55 Å². The van der Waals surface area contributed by atoms with Gasteiger partial charge in [0.25, 0.3) is 5.56 Å². The van der Waals surface area contributed by atoms with Gasteiger partial charge in [-0.3, -0.25) is 14.2 Å². The largest absolute Gasteiger partial charge is 0.324 e. The van der Waals surface area contributed by atoms with E-state index in [1.165, 1.54) is 22.2 Å². The van der Waals surface area contributed by atoms with Gasteiger partial charge in [0, 0.05) is 15.6 Å². The Morgan fingerprint density at radius 3 is 2.83 bits per heavy atom. The van der Waals surface area contributed by atoms with E-state index >= 15 is 0 Å². The number of nitrogens with one attached hydrogen (secondary N) is 1. The summed E-state index contributed by atoms with van der Waals surface area (Å²) in [7, 11) is 0. The van der Waals surface area contributed by atoms with E-state index in [0.29, 0.717) is 20.9 Å². The van der Waals surface area contributed by atoms with Gasteiger partial charge in [0.1, 0.15) is 11.4 Å². The van der Waals surface area contributed by atoms with E-state index in [9.17, 15) is 9.59 Å². The van der Waals surface area contributed by atoms with E-state index in [1.807, 2.05) is 26.8 Å². The van der Waals surface area contributed by atoms with Gasteiger partial charge in [-0.05, 0) is 44.0 Å². The molecule has 1 N–H and O–H groups in total. The Morgan fingerprint density at radius 2 is 2.08 bits per heavy atom. The first-order valence-corrected chi connectivity index (χ1v) is 8.57. The molecule has 0 aliphatic carbocycles. The van der Waals surface area contributed by atoms with Gasteiger partial charge in [-0.25, -0.2) is 4.98 Å². The zero-order chi connectivity index (χ0) is 17.4. The van der Waals surface area contributed by atoms with Crippen LogP contribution in [0.15, 0.2) is 29.3 Å². The van der Waals surface area contributed by atoms with Crippen LogP contribution in [0.25, 0.3) is 10.2 Å². The van der Waals surface area contributed by atoms with Crippen molar-refractivity contribution in [3.05, 3.63) is 55.9 Å². The number of halogens is 1. The van der Waals surface area contributed by atoms with Gasteiger partial charge in [-0.2, -0.15) is 0 Å². The van der Waals surface area contributed by atoms with E-state index in [1.54, 1.807) is 12.1 Å². The van der Waals surface area contributed by atoms with Crippen LogP contribution in [0.3, 0.4) is 0 Å². The quantitative estimate of drug-likeness (QED) is 0.774. The van der Waals surface area contributed by atoms with Crippen LogP contribution in [0.4, 0.5) is 5.69 Å². The lowest BCUT2D eigenvalue weighted by atomic mass is 10.2. The van der Waals surface area contributed by atoms with E-state index < -0.39 is 0 Å². The van der Waals surface area contributed by atoms with Crippen molar-refractivity contribution < 1.29 is 4.79 Å². The number of carbonyl (C=O) groups is 1. The Morgan fingerprint density at radius 1 is 1.33 bits per heavy atom. The lowest BCUT2D eigenvalue weighted by Gasteiger charge is -2.10. The van der Waals surface area contributed by atoms with Crippen LogP contribution in [0.5, 0.6) is 0 Å². The standard InChI is InChI=1S/C17H16ClN3O2S/c1-9-4-5-12(18)6-13(9)20-14(22)7-21-8-19-16-15(17(21)23)10(2)11(3)24-16/h4-6,8H,7H2,1-3H3,(H,20,22). The van der Waals surface area contributed by atoms with Gasteiger partial charge in [0.05, 0.1) is 11.7 Å². The Hall–Kier alpha value is -2.18. The molecule has 0 saturated carbocycles. The molecule has 0 atom stereocenters. The van der Waals surface area contributed by atoms with Gasteiger partial charge >= 0.3 is 0 Å². The van der Waals surface area contributed by atoms with E-state index in [4.69, 9.17) is 11.6 Å². The number of benzene rings is 1. The number of hydrogen-bond donors (Lipinski definition) is 1. The third-order valence-electron chi connectivity index (χ3n) is 3.94. The summed E-state index contributed by atoms with van der Waals surface area (Å²) >= 11 is 7.44. The first-order valence-electron chi connectivity index (χ1n) is 7.38. The summed E-state index contributed by atoms with van der Waals surface area (Å²) in [6.07, 6.45) is 1.42. The number of fused-ring (bicyclic) bond motifs is 1. The second-order valence-electron chi connectivity index (χ2n) is 5.65. The minimum atomic E-state index is -0.298. The highest BCUT2D eigenvalue weighted by molar-refractivity contribution is 7.18. The van der Waals surface area contributed by atoms with Crippen molar-refractivity contribution in [3.8, 4) is 0 Å². The summed E-state index contributed by atoms with van der Waals surface area (Å²) in [5.41, 5.74) is 2.27. The molecule has 0 saturated heterocycles. The molecular weight excluding hydrogens is 346 g/mol. The Labute approximate surface area is 147 Å². The number of amides is 1. The molecule has 2 aromatic heterocycles. The van der Waals surface area contributed by atoms with Crippen LogP contribution in [-0.4, -0.2) is 15.5 Å².